The number of rotatable bonds is 9. The van der Waals surface area contributed by atoms with Gasteiger partial charge in [0.25, 0.3) is 0 Å². The summed E-state index contributed by atoms with van der Waals surface area (Å²) in [6.07, 6.45) is 1.78. The van der Waals surface area contributed by atoms with Crippen LogP contribution in [0, 0.1) is 23.5 Å². The molecule has 5 heteroatoms. The van der Waals surface area contributed by atoms with Crippen molar-refractivity contribution in [3.63, 3.8) is 0 Å². The average molecular weight is 313 g/mol. The van der Waals surface area contributed by atoms with E-state index in [-0.39, 0.29) is 6.04 Å². The summed E-state index contributed by atoms with van der Waals surface area (Å²) < 4.78 is 26.4. The summed E-state index contributed by atoms with van der Waals surface area (Å²) in [5.74, 6) is -1.99. The molecule has 0 heterocycles. The zero-order chi connectivity index (χ0) is 16.7. The maximum absolute atomic E-state index is 13.5. The van der Waals surface area contributed by atoms with E-state index in [1.807, 2.05) is 20.8 Å². The first-order chi connectivity index (χ1) is 10.3. The van der Waals surface area contributed by atoms with Gasteiger partial charge in [-0.2, -0.15) is 0 Å². The van der Waals surface area contributed by atoms with E-state index in [2.05, 4.69) is 5.32 Å². The van der Waals surface area contributed by atoms with Crippen LogP contribution < -0.4 is 5.32 Å². The lowest BCUT2D eigenvalue weighted by Crippen LogP contribution is -2.35. The Morgan fingerprint density at radius 2 is 1.95 bits per heavy atom. The number of nitrogens with one attached hydrogen (secondary N) is 1. The molecule has 1 aromatic rings. The van der Waals surface area contributed by atoms with Crippen LogP contribution in [-0.4, -0.2) is 23.7 Å². The van der Waals surface area contributed by atoms with E-state index >= 15 is 0 Å². The van der Waals surface area contributed by atoms with Gasteiger partial charge in [0.15, 0.2) is 0 Å². The number of carbonyl (C=O) groups is 1. The standard InChI is InChI=1S/C17H25F2NO2/c1-11(2)8-14(17(21)22)10-20-12(3)4-5-13-6-7-15(18)9-16(13)19/h6-7,9,11-12,14,20H,4-5,8,10H2,1-3H3,(H,21,22). The van der Waals surface area contributed by atoms with Crippen molar-refractivity contribution in [3.05, 3.63) is 35.4 Å². The largest absolute Gasteiger partial charge is 0.481 e. The van der Waals surface area contributed by atoms with E-state index in [0.717, 1.165) is 6.07 Å². The number of aliphatic carboxylic acids is 1. The predicted octanol–water partition coefficient (Wildman–Crippen LogP) is 3.62. The lowest BCUT2D eigenvalue weighted by molar-refractivity contribution is -0.142. The van der Waals surface area contributed by atoms with Crippen molar-refractivity contribution >= 4 is 5.97 Å². The van der Waals surface area contributed by atoms with Crippen LogP contribution in [0.2, 0.25) is 0 Å². The van der Waals surface area contributed by atoms with Crippen LogP contribution in [0.1, 0.15) is 39.2 Å². The Balaban J connectivity index is 2.42. The topological polar surface area (TPSA) is 49.3 Å². The van der Waals surface area contributed by atoms with Gasteiger partial charge in [0.05, 0.1) is 5.92 Å². The first-order valence-corrected chi connectivity index (χ1v) is 7.69. The highest BCUT2D eigenvalue weighted by Crippen LogP contribution is 2.14. The fourth-order valence-electron chi connectivity index (χ4n) is 2.38. The molecule has 0 bridgehead atoms. The first kappa shape index (κ1) is 18.6. The van der Waals surface area contributed by atoms with E-state index < -0.39 is 23.5 Å². The second kappa shape index (κ2) is 8.83. The Morgan fingerprint density at radius 1 is 1.27 bits per heavy atom. The van der Waals surface area contributed by atoms with Crippen molar-refractivity contribution in [2.45, 2.75) is 46.1 Å². The lowest BCUT2D eigenvalue weighted by Gasteiger charge is -2.19. The van der Waals surface area contributed by atoms with Gasteiger partial charge in [0, 0.05) is 18.7 Å². The summed E-state index contributed by atoms with van der Waals surface area (Å²) in [6.45, 7) is 6.34. The minimum atomic E-state index is -0.794. The summed E-state index contributed by atoms with van der Waals surface area (Å²) in [5.41, 5.74) is 0.479. The number of carboxylic acid groups (broad SMARTS) is 1. The second-order valence-corrected chi connectivity index (χ2v) is 6.25. The Hall–Kier alpha value is -1.49. The van der Waals surface area contributed by atoms with Crippen molar-refractivity contribution in [1.29, 1.82) is 0 Å². The third kappa shape index (κ3) is 6.52. The molecule has 2 N–H and O–H groups in total. The number of carboxylic acids is 1. The molecule has 3 nitrogen and oxygen atoms in total. The van der Waals surface area contributed by atoms with Gasteiger partial charge in [-0.1, -0.05) is 19.9 Å². The second-order valence-electron chi connectivity index (χ2n) is 6.25. The monoisotopic (exact) mass is 313 g/mol. The summed E-state index contributed by atoms with van der Waals surface area (Å²) in [6, 6.07) is 3.66. The molecule has 124 valence electrons. The van der Waals surface area contributed by atoms with Crippen LogP contribution in [0.25, 0.3) is 0 Å². The maximum Gasteiger partial charge on any atom is 0.307 e. The number of hydrogen-bond acceptors (Lipinski definition) is 2. The molecule has 0 saturated carbocycles. The van der Waals surface area contributed by atoms with Crippen LogP contribution in [0.15, 0.2) is 18.2 Å². The van der Waals surface area contributed by atoms with Crippen LogP contribution >= 0.6 is 0 Å². The van der Waals surface area contributed by atoms with Crippen LogP contribution in [0.4, 0.5) is 8.78 Å². The van der Waals surface area contributed by atoms with Crippen molar-refractivity contribution in [2.24, 2.45) is 11.8 Å². The third-order valence-corrected chi connectivity index (χ3v) is 3.68. The predicted molar refractivity (Wildman–Crippen MR) is 82.7 cm³/mol. The highest BCUT2D eigenvalue weighted by Gasteiger charge is 2.19. The van der Waals surface area contributed by atoms with E-state index in [4.69, 9.17) is 0 Å². The molecule has 2 unspecified atom stereocenters. The molecule has 0 fully saturated rings. The van der Waals surface area contributed by atoms with Crippen LogP contribution in [-0.2, 0) is 11.2 Å². The highest BCUT2D eigenvalue weighted by atomic mass is 19.1. The fourth-order valence-corrected chi connectivity index (χ4v) is 2.38. The van der Waals surface area contributed by atoms with Gasteiger partial charge in [-0.3, -0.25) is 4.79 Å². The zero-order valence-electron chi connectivity index (χ0n) is 13.4. The summed E-state index contributed by atoms with van der Waals surface area (Å²) in [5, 5.41) is 12.4. The molecule has 0 radical (unpaired) electrons. The van der Waals surface area contributed by atoms with Gasteiger partial charge in [-0.25, -0.2) is 8.78 Å². The van der Waals surface area contributed by atoms with Crippen molar-refractivity contribution in [1.82, 2.24) is 5.32 Å². The Morgan fingerprint density at radius 3 is 2.50 bits per heavy atom. The van der Waals surface area contributed by atoms with Crippen molar-refractivity contribution < 1.29 is 18.7 Å². The van der Waals surface area contributed by atoms with Crippen LogP contribution in [0.3, 0.4) is 0 Å². The number of benzene rings is 1. The molecule has 0 saturated heterocycles. The molecular formula is C17H25F2NO2. The van der Waals surface area contributed by atoms with E-state index in [9.17, 15) is 18.7 Å². The maximum atomic E-state index is 13.5. The molecule has 0 aliphatic carbocycles. The summed E-state index contributed by atoms with van der Waals surface area (Å²) >= 11 is 0. The van der Waals surface area contributed by atoms with Crippen molar-refractivity contribution in [3.8, 4) is 0 Å². The van der Waals surface area contributed by atoms with Gasteiger partial charge < -0.3 is 10.4 Å². The van der Waals surface area contributed by atoms with Crippen molar-refractivity contribution in [2.75, 3.05) is 6.54 Å². The fraction of sp³-hybridized carbons (Fsp3) is 0.588. The smallest absolute Gasteiger partial charge is 0.307 e. The van der Waals surface area contributed by atoms with E-state index in [0.29, 0.717) is 37.3 Å². The zero-order valence-corrected chi connectivity index (χ0v) is 13.4. The minimum Gasteiger partial charge on any atom is -0.481 e. The van der Waals surface area contributed by atoms with E-state index in [1.54, 1.807) is 0 Å². The molecule has 22 heavy (non-hydrogen) atoms. The minimum absolute atomic E-state index is 0.0680. The molecule has 2 atom stereocenters. The molecule has 0 spiro atoms. The molecule has 1 aromatic carbocycles. The summed E-state index contributed by atoms with van der Waals surface area (Å²) in [7, 11) is 0. The quantitative estimate of drug-likeness (QED) is 0.732. The highest BCUT2D eigenvalue weighted by molar-refractivity contribution is 5.70. The lowest BCUT2D eigenvalue weighted by atomic mass is 9.96. The van der Waals surface area contributed by atoms with Crippen LogP contribution in [0.5, 0.6) is 0 Å². The molecule has 0 aliphatic rings. The Labute approximate surface area is 130 Å². The summed E-state index contributed by atoms with van der Waals surface area (Å²) in [4.78, 5) is 11.2. The van der Waals surface area contributed by atoms with Gasteiger partial charge in [-0.05, 0) is 43.7 Å². The average Bonchev–Trinajstić information content (AvgIpc) is 2.41. The number of aryl methyl sites for hydroxylation is 1. The van der Waals surface area contributed by atoms with Gasteiger partial charge in [0.2, 0.25) is 0 Å². The van der Waals surface area contributed by atoms with Gasteiger partial charge >= 0.3 is 5.97 Å². The van der Waals surface area contributed by atoms with E-state index in [1.165, 1.54) is 12.1 Å². The van der Waals surface area contributed by atoms with Gasteiger partial charge in [0.1, 0.15) is 11.6 Å². The molecular weight excluding hydrogens is 288 g/mol. The molecule has 0 amide bonds. The number of halogens is 2. The van der Waals surface area contributed by atoms with Gasteiger partial charge in [-0.15, -0.1) is 0 Å². The molecule has 0 aliphatic heterocycles. The normalized spacial score (nSPS) is 14.1. The molecule has 1 rings (SSSR count). The number of hydrogen-bond donors (Lipinski definition) is 2. The first-order valence-electron chi connectivity index (χ1n) is 7.69. The molecule has 0 aromatic heterocycles. The SMILES string of the molecule is CC(C)CC(CNC(C)CCc1ccc(F)cc1F)C(=O)O. The third-order valence-electron chi connectivity index (χ3n) is 3.68. The Bertz CT molecular complexity index is 492. The Kier molecular flexibility index (Phi) is 7.45.